The summed E-state index contributed by atoms with van der Waals surface area (Å²) < 4.78 is 3.31. The number of carbonyl (C=O) groups is 1. The third-order valence-corrected chi connectivity index (χ3v) is 3.76. The molecule has 0 aliphatic rings. The summed E-state index contributed by atoms with van der Waals surface area (Å²) in [6.45, 7) is 0.866. The molecule has 2 aromatic heterocycles. The van der Waals surface area contributed by atoms with Gasteiger partial charge in [-0.1, -0.05) is 11.6 Å². The second-order valence-electron chi connectivity index (χ2n) is 5.74. The van der Waals surface area contributed by atoms with Crippen molar-refractivity contribution in [3.05, 3.63) is 53.8 Å². The van der Waals surface area contributed by atoms with E-state index in [1.165, 1.54) is 6.33 Å². The van der Waals surface area contributed by atoms with Crippen LogP contribution in [0.5, 0.6) is 0 Å². The molecule has 130 valence electrons. The monoisotopic (exact) mass is 359 g/mol. The molecule has 8 nitrogen and oxygen atoms in total. The summed E-state index contributed by atoms with van der Waals surface area (Å²) in [6, 6.07) is 5.21. The summed E-state index contributed by atoms with van der Waals surface area (Å²) in [6.07, 6.45) is 6.71. The van der Waals surface area contributed by atoms with Gasteiger partial charge in [0.05, 0.1) is 24.1 Å². The number of likely N-dealkylation sites (N-methyl/N-ethyl adjacent to an activating group) is 1. The summed E-state index contributed by atoms with van der Waals surface area (Å²) in [4.78, 5) is 18.2. The molecule has 0 fully saturated rings. The number of aryl methyl sites for hydroxylation is 1. The van der Waals surface area contributed by atoms with E-state index < -0.39 is 0 Å². The van der Waals surface area contributed by atoms with Crippen molar-refractivity contribution in [2.24, 2.45) is 7.05 Å². The van der Waals surface area contributed by atoms with Crippen LogP contribution in [-0.2, 0) is 18.4 Å². The van der Waals surface area contributed by atoms with Crippen LogP contribution in [-0.4, -0.2) is 48.9 Å². The second kappa shape index (κ2) is 7.45. The van der Waals surface area contributed by atoms with Gasteiger partial charge in [0.15, 0.2) is 0 Å². The smallest absolute Gasteiger partial charge is 0.238 e. The lowest BCUT2D eigenvalue weighted by Crippen LogP contribution is -2.30. The van der Waals surface area contributed by atoms with E-state index in [-0.39, 0.29) is 12.5 Å². The lowest BCUT2D eigenvalue weighted by Gasteiger charge is -2.16. The van der Waals surface area contributed by atoms with Crippen LogP contribution >= 0.6 is 11.6 Å². The standard InChI is InChI=1S/C16H18ClN7O/c1-22(7-12-6-19-23(2)8-12)9-16(25)21-14-5-13(17)3-4-15(14)24-11-18-10-20-24/h3-6,8,10-11H,7,9H2,1-2H3,(H,21,25). The molecule has 9 heteroatoms. The van der Waals surface area contributed by atoms with Crippen LogP contribution in [0.1, 0.15) is 5.56 Å². The highest BCUT2D eigenvalue weighted by Gasteiger charge is 2.12. The average Bonchev–Trinajstić information content (AvgIpc) is 3.19. The van der Waals surface area contributed by atoms with Crippen molar-refractivity contribution < 1.29 is 4.79 Å². The maximum atomic E-state index is 12.4. The summed E-state index contributed by atoms with van der Waals surface area (Å²) in [5.41, 5.74) is 2.33. The van der Waals surface area contributed by atoms with E-state index in [0.29, 0.717) is 22.9 Å². The first-order valence-electron chi connectivity index (χ1n) is 7.62. The van der Waals surface area contributed by atoms with E-state index >= 15 is 0 Å². The Balaban J connectivity index is 1.67. The fourth-order valence-electron chi connectivity index (χ4n) is 2.50. The summed E-state index contributed by atoms with van der Waals surface area (Å²) >= 11 is 6.06. The van der Waals surface area contributed by atoms with Gasteiger partial charge in [0.1, 0.15) is 12.7 Å². The lowest BCUT2D eigenvalue weighted by atomic mass is 10.2. The third kappa shape index (κ3) is 4.43. The van der Waals surface area contributed by atoms with Gasteiger partial charge in [-0.15, -0.1) is 0 Å². The Hall–Kier alpha value is -2.71. The quantitative estimate of drug-likeness (QED) is 0.724. The van der Waals surface area contributed by atoms with Crippen LogP contribution in [0.3, 0.4) is 0 Å². The van der Waals surface area contributed by atoms with Crippen molar-refractivity contribution in [2.45, 2.75) is 6.54 Å². The number of amides is 1. The number of aromatic nitrogens is 5. The lowest BCUT2D eigenvalue weighted by molar-refractivity contribution is -0.117. The minimum absolute atomic E-state index is 0.143. The molecule has 0 aliphatic heterocycles. The molecule has 0 unspecified atom stereocenters. The van der Waals surface area contributed by atoms with Crippen molar-refractivity contribution in [3.8, 4) is 5.69 Å². The first-order valence-corrected chi connectivity index (χ1v) is 7.99. The molecule has 25 heavy (non-hydrogen) atoms. The zero-order valence-corrected chi connectivity index (χ0v) is 14.7. The highest BCUT2D eigenvalue weighted by molar-refractivity contribution is 6.31. The van der Waals surface area contributed by atoms with Crippen LogP contribution in [0.25, 0.3) is 5.69 Å². The number of hydrogen-bond acceptors (Lipinski definition) is 5. The van der Waals surface area contributed by atoms with Crippen molar-refractivity contribution in [3.63, 3.8) is 0 Å². The number of benzene rings is 1. The van der Waals surface area contributed by atoms with E-state index in [2.05, 4.69) is 20.5 Å². The molecule has 3 aromatic rings. The minimum atomic E-state index is -0.143. The van der Waals surface area contributed by atoms with Gasteiger partial charge in [-0.05, 0) is 25.2 Å². The third-order valence-electron chi connectivity index (χ3n) is 3.52. The fraction of sp³-hybridized carbons (Fsp3) is 0.250. The molecule has 1 aromatic carbocycles. The van der Waals surface area contributed by atoms with Crippen LogP contribution in [0, 0.1) is 0 Å². The molecular formula is C16H18ClN7O. The van der Waals surface area contributed by atoms with Gasteiger partial charge < -0.3 is 5.32 Å². The largest absolute Gasteiger partial charge is 0.323 e. The normalized spacial score (nSPS) is 11.0. The number of nitrogens with one attached hydrogen (secondary N) is 1. The summed E-state index contributed by atoms with van der Waals surface area (Å²) in [5.74, 6) is -0.143. The van der Waals surface area contributed by atoms with Crippen molar-refractivity contribution in [2.75, 3.05) is 18.9 Å². The van der Waals surface area contributed by atoms with Crippen molar-refractivity contribution in [1.82, 2.24) is 29.4 Å². The topological polar surface area (TPSA) is 80.9 Å². The molecular weight excluding hydrogens is 342 g/mol. The average molecular weight is 360 g/mol. The van der Waals surface area contributed by atoms with Gasteiger partial charge in [-0.3, -0.25) is 14.4 Å². The Labute approximate surface area is 150 Å². The van der Waals surface area contributed by atoms with E-state index in [1.54, 1.807) is 40.1 Å². The highest BCUT2D eigenvalue weighted by atomic mass is 35.5. The number of halogens is 1. The molecule has 0 spiro atoms. The van der Waals surface area contributed by atoms with Gasteiger partial charge >= 0.3 is 0 Å². The van der Waals surface area contributed by atoms with E-state index in [1.807, 2.05) is 25.2 Å². The van der Waals surface area contributed by atoms with Crippen LogP contribution in [0.2, 0.25) is 5.02 Å². The molecule has 0 saturated heterocycles. The predicted molar refractivity (Wildman–Crippen MR) is 94.5 cm³/mol. The number of nitrogens with zero attached hydrogens (tertiary/aromatic N) is 6. The molecule has 3 rings (SSSR count). The Morgan fingerprint density at radius 2 is 2.20 bits per heavy atom. The molecule has 0 bridgehead atoms. The summed E-state index contributed by atoms with van der Waals surface area (Å²) in [7, 11) is 3.74. The fourth-order valence-corrected chi connectivity index (χ4v) is 2.67. The Morgan fingerprint density at radius 1 is 1.36 bits per heavy atom. The first kappa shape index (κ1) is 17.1. The van der Waals surface area contributed by atoms with E-state index in [0.717, 1.165) is 5.56 Å². The number of hydrogen-bond donors (Lipinski definition) is 1. The highest BCUT2D eigenvalue weighted by Crippen LogP contribution is 2.23. The zero-order valence-electron chi connectivity index (χ0n) is 13.9. The van der Waals surface area contributed by atoms with Gasteiger partial charge in [0, 0.05) is 30.4 Å². The SMILES string of the molecule is CN(CC(=O)Nc1cc(Cl)ccc1-n1cncn1)Cc1cnn(C)c1. The molecule has 0 radical (unpaired) electrons. The van der Waals surface area contributed by atoms with Gasteiger partial charge in [-0.2, -0.15) is 10.2 Å². The number of anilines is 1. The maximum Gasteiger partial charge on any atom is 0.238 e. The second-order valence-corrected chi connectivity index (χ2v) is 6.18. The van der Waals surface area contributed by atoms with Crippen molar-refractivity contribution >= 4 is 23.2 Å². The van der Waals surface area contributed by atoms with Gasteiger partial charge in [0.2, 0.25) is 5.91 Å². The maximum absolute atomic E-state index is 12.4. The molecule has 0 aliphatic carbocycles. The predicted octanol–water partition coefficient (Wildman–Crippen LogP) is 1.72. The molecule has 2 heterocycles. The Bertz CT molecular complexity index is 859. The molecule has 1 amide bonds. The van der Waals surface area contributed by atoms with Gasteiger partial charge in [0.25, 0.3) is 0 Å². The molecule has 0 saturated carbocycles. The Morgan fingerprint density at radius 3 is 2.88 bits per heavy atom. The van der Waals surface area contributed by atoms with Gasteiger partial charge in [-0.25, -0.2) is 9.67 Å². The number of carbonyl (C=O) groups excluding carboxylic acids is 1. The molecule has 1 N–H and O–H groups in total. The van der Waals surface area contributed by atoms with E-state index in [9.17, 15) is 4.79 Å². The van der Waals surface area contributed by atoms with Crippen molar-refractivity contribution in [1.29, 1.82) is 0 Å². The number of rotatable bonds is 6. The van der Waals surface area contributed by atoms with Crippen LogP contribution in [0.15, 0.2) is 43.2 Å². The first-order chi connectivity index (χ1) is 12.0. The van der Waals surface area contributed by atoms with Crippen LogP contribution < -0.4 is 5.32 Å². The minimum Gasteiger partial charge on any atom is -0.323 e. The molecule has 0 atom stereocenters. The zero-order chi connectivity index (χ0) is 17.8. The van der Waals surface area contributed by atoms with E-state index in [4.69, 9.17) is 11.6 Å². The Kier molecular flexibility index (Phi) is 5.11. The summed E-state index contributed by atoms with van der Waals surface area (Å²) in [5, 5.41) is 11.6. The van der Waals surface area contributed by atoms with Crippen LogP contribution in [0.4, 0.5) is 5.69 Å².